The van der Waals surface area contributed by atoms with E-state index < -0.39 is 0 Å². The molecule has 1 aromatic carbocycles. The lowest BCUT2D eigenvalue weighted by atomic mass is 10.0. The molecule has 1 N–H and O–H groups in total. The molecule has 5 nitrogen and oxygen atoms in total. The highest BCUT2D eigenvalue weighted by Gasteiger charge is 2.14. The van der Waals surface area contributed by atoms with Gasteiger partial charge in [-0.25, -0.2) is 0 Å². The molecule has 0 saturated heterocycles. The lowest BCUT2D eigenvalue weighted by Gasteiger charge is -2.04. The first-order valence-electron chi connectivity index (χ1n) is 7.53. The van der Waals surface area contributed by atoms with Gasteiger partial charge in [0.25, 0.3) is 0 Å². The van der Waals surface area contributed by atoms with Gasteiger partial charge in [0.05, 0.1) is 12.7 Å². The number of hydrogen-bond donors (Lipinski definition) is 1. The first-order valence-corrected chi connectivity index (χ1v) is 7.53. The highest BCUT2D eigenvalue weighted by molar-refractivity contribution is 5.84. The third kappa shape index (κ3) is 2.76. The monoisotopic (exact) mass is 299 g/mol. The van der Waals surface area contributed by atoms with Crippen molar-refractivity contribution in [3.05, 3.63) is 46.8 Å². The van der Waals surface area contributed by atoms with Gasteiger partial charge in [0.15, 0.2) is 5.82 Å². The second-order valence-corrected chi connectivity index (χ2v) is 5.82. The topological polar surface area (TPSA) is 64.1 Å². The Kier molecular flexibility index (Phi) is 3.98. The Labute approximate surface area is 129 Å². The highest BCUT2D eigenvalue weighted by Crippen LogP contribution is 2.27. The molecule has 0 fully saturated rings. The smallest absolute Gasteiger partial charge is 0.231 e. The minimum Gasteiger partial charge on any atom is -0.464 e. The number of fused-ring (bicyclic) bond motifs is 1. The van der Waals surface area contributed by atoms with Gasteiger partial charge in [-0.1, -0.05) is 17.3 Å². The van der Waals surface area contributed by atoms with Crippen LogP contribution in [0.1, 0.15) is 35.3 Å². The number of rotatable bonds is 5. The Morgan fingerprint density at radius 1 is 1.27 bits per heavy atom. The second kappa shape index (κ2) is 5.93. The van der Waals surface area contributed by atoms with Crippen molar-refractivity contribution in [2.45, 2.75) is 39.7 Å². The number of nitrogens with zero attached hydrogens (tertiary/aromatic N) is 2. The van der Waals surface area contributed by atoms with Crippen LogP contribution < -0.4 is 5.32 Å². The second-order valence-electron chi connectivity index (χ2n) is 5.82. The summed E-state index contributed by atoms with van der Waals surface area (Å²) >= 11 is 0. The average Bonchev–Trinajstić information content (AvgIpc) is 3.11. The Morgan fingerprint density at radius 2 is 2.09 bits per heavy atom. The molecular formula is C17H21N3O2. The first kappa shape index (κ1) is 14.8. The summed E-state index contributed by atoms with van der Waals surface area (Å²) < 4.78 is 11.1. The number of benzene rings is 1. The maximum absolute atomic E-state index is 5.72. The van der Waals surface area contributed by atoms with Crippen LogP contribution in [0.15, 0.2) is 27.3 Å². The van der Waals surface area contributed by atoms with Crippen molar-refractivity contribution in [2.75, 3.05) is 7.05 Å². The molecule has 0 aliphatic carbocycles. The number of nitrogens with one attached hydrogen (secondary N) is 1. The molecule has 1 atom stereocenters. The predicted octanol–water partition coefficient (Wildman–Crippen LogP) is 3.17. The minimum absolute atomic E-state index is 0.325. The Morgan fingerprint density at radius 3 is 2.86 bits per heavy atom. The zero-order chi connectivity index (χ0) is 15.7. The standard InChI is InChI=1S/C17H21N3O2/c1-10-5-6-14-13(9-21-17(14)12(10)3)8-16-19-15(20-22-16)7-11(2)18-4/h5-6,9,11,18H,7-8H2,1-4H3. The summed E-state index contributed by atoms with van der Waals surface area (Å²) in [7, 11) is 1.92. The van der Waals surface area contributed by atoms with Gasteiger partial charge in [0.1, 0.15) is 5.58 Å². The summed E-state index contributed by atoms with van der Waals surface area (Å²) in [5.74, 6) is 1.36. The Balaban J connectivity index is 1.83. The molecule has 116 valence electrons. The van der Waals surface area contributed by atoms with Gasteiger partial charge >= 0.3 is 0 Å². The van der Waals surface area contributed by atoms with E-state index >= 15 is 0 Å². The molecule has 0 saturated carbocycles. The number of aryl methyl sites for hydroxylation is 2. The molecule has 0 aliphatic heterocycles. The molecule has 0 spiro atoms. The van der Waals surface area contributed by atoms with E-state index in [9.17, 15) is 0 Å². The van der Waals surface area contributed by atoms with Gasteiger partial charge in [-0.15, -0.1) is 0 Å². The third-order valence-corrected chi connectivity index (χ3v) is 4.18. The lowest BCUT2D eigenvalue weighted by Crippen LogP contribution is -2.24. The summed E-state index contributed by atoms with van der Waals surface area (Å²) in [5, 5.41) is 8.32. The fourth-order valence-electron chi connectivity index (χ4n) is 2.51. The molecule has 22 heavy (non-hydrogen) atoms. The van der Waals surface area contributed by atoms with Crippen LogP contribution in [0.3, 0.4) is 0 Å². The zero-order valence-corrected chi connectivity index (χ0v) is 13.4. The summed E-state index contributed by atoms with van der Waals surface area (Å²) in [5.41, 5.74) is 4.43. The van der Waals surface area contributed by atoms with Gasteiger partial charge in [-0.3, -0.25) is 0 Å². The van der Waals surface area contributed by atoms with Gasteiger partial charge in [-0.05, 0) is 38.9 Å². The van der Waals surface area contributed by atoms with Crippen LogP contribution in [0, 0.1) is 13.8 Å². The highest BCUT2D eigenvalue weighted by atomic mass is 16.5. The van der Waals surface area contributed by atoms with E-state index in [1.165, 1.54) is 11.1 Å². The van der Waals surface area contributed by atoms with E-state index in [0.717, 1.165) is 28.8 Å². The molecule has 3 rings (SSSR count). The molecule has 3 aromatic rings. The van der Waals surface area contributed by atoms with Crippen molar-refractivity contribution in [3.8, 4) is 0 Å². The van der Waals surface area contributed by atoms with E-state index in [-0.39, 0.29) is 0 Å². The summed E-state index contributed by atoms with van der Waals surface area (Å²) in [4.78, 5) is 4.46. The van der Waals surface area contributed by atoms with E-state index in [1.807, 2.05) is 7.05 Å². The fourth-order valence-corrected chi connectivity index (χ4v) is 2.51. The average molecular weight is 299 g/mol. The van der Waals surface area contributed by atoms with Crippen molar-refractivity contribution in [3.63, 3.8) is 0 Å². The summed E-state index contributed by atoms with van der Waals surface area (Å²) in [6.45, 7) is 6.25. The van der Waals surface area contributed by atoms with Gasteiger partial charge in [-0.2, -0.15) is 4.98 Å². The lowest BCUT2D eigenvalue weighted by molar-refractivity contribution is 0.377. The molecule has 2 heterocycles. The maximum atomic E-state index is 5.72. The zero-order valence-electron chi connectivity index (χ0n) is 13.4. The van der Waals surface area contributed by atoms with Gasteiger partial charge in [0.2, 0.25) is 5.89 Å². The molecule has 2 aromatic heterocycles. The summed E-state index contributed by atoms with van der Waals surface area (Å²) in [6, 6.07) is 4.53. The molecule has 1 unspecified atom stereocenters. The molecular weight excluding hydrogens is 278 g/mol. The first-order chi connectivity index (χ1) is 10.6. The van der Waals surface area contributed by atoms with Crippen molar-refractivity contribution < 1.29 is 8.94 Å². The number of aromatic nitrogens is 2. The van der Waals surface area contributed by atoms with Gasteiger partial charge < -0.3 is 14.3 Å². The van der Waals surface area contributed by atoms with Gasteiger partial charge in [0, 0.05) is 23.4 Å². The SMILES string of the molecule is CNC(C)Cc1noc(Cc2coc3c(C)c(C)ccc23)n1. The van der Waals surface area contributed by atoms with Crippen LogP contribution in [0.4, 0.5) is 0 Å². The largest absolute Gasteiger partial charge is 0.464 e. The molecule has 0 aliphatic rings. The normalized spacial score (nSPS) is 12.9. The molecule has 5 heteroatoms. The van der Waals surface area contributed by atoms with Crippen molar-refractivity contribution >= 4 is 11.0 Å². The van der Waals surface area contributed by atoms with Crippen LogP contribution in [0.5, 0.6) is 0 Å². The molecule has 0 amide bonds. The number of likely N-dealkylation sites (N-methyl/N-ethyl adjacent to an activating group) is 1. The van der Waals surface area contributed by atoms with Crippen LogP contribution in [0.25, 0.3) is 11.0 Å². The van der Waals surface area contributed by atoms with Crippen molar-refractivity contribution in [1.29, 1.82) is 0 Å². The molecule has 0 radical (unpaired) electrons. The van der Waals surface area contributed by atoms with Crippen LogP contribution in [0.2, 0.25) is 0 Å². The van der Waals surface area contributed by atoms with Crippen LogP contribution >= 0.6 is 0 Å². The predicted molar refractivity (Wildman–Crippen MR) is 85.0 cm³/mol. The van der Waals surface area contributed by atoms with E-state index in [1.54, 1.807) is 6.26 Å². The minimum atomic E-state index is 0.325. The van der Waals surface area contributed by atoms with Crippen LogP contribution in [-0.4, -0.2) is 23.2 Å². The maximum Gasteiger partial charge on any atom is 0.231 e. The Hall–Kier alpha value is -2.14. The van der Waals surface area contributed by atoms with Crippen LogP contribution in [-0.2, 0) is 12.8 Å². The fraction of sp³-hybridized carbons (Fsp3) is 0.412. The third-order valence-electron chi connectivity index (χ3n) is 4.18. The number of furan rings is 1. The number of hydrogen-bond acceptors (Lipinski definition) is 5. The van der Waals surface area contributed by atoms with Crippen molar-refractivity contribution in [1.82, 2.24) is 15.5 Å². The van der Waals surface area contributed by atoms with E-state index in [0.29, 0.717) is 18.4 Å². The Bertz CT molecular complexity index is 788. The van der Waals surface area contributed by atoms with E-state index in [2.05, 4.69) is 48.4 Å². The quantitative estimate of drug-likeness (QED) is 0.784. The van der Waals surface area contributed by atoms with E-state index in [4.69, 9.17) is 8.94 Å². The van der Waals surface area contributed by atoms with Crippen molar-refractivity contribution in [2.24, 2.45) is 0 Å². The summed E-state index contributed by atoms with van der Waals surface area (Å²) in [6.07, 6.45) is 3.14. The molecule has 0 bridgehead atoms.